The summed E-state index contributed by atoms with van der Waals surface area (Å²) in [5, 5.41) is 2.49. The van der Waals surface area contributed by atoms with Crippen molar-refractivity contribution in [2.75, 3.05) is 12.4 Å². The average Bonchev–Trinajstić information content (AvgIpc) is 2.37. The minimum absolute atomic E-state index is 0.101. The van der Waals surface area contributed by atoms with Crippen LogP contribution in [0, 0.1) is 0 Å². The van der Waals surface area contributed by atoms with Gasteiger partial charge in [-0.1, -0.05) is 0 Å². The molecule has 0 radical (unpaired) electrons. The smallest absolute Gasteiger partial charge is 0.328 e. The van der Waals surface area contributed by atoms with E-state index in [1.807, 2.05) is 0 Å². The number of thiol groups is 1. The second-order valence-corrected chi connectivity index (χ2v) is 2.55. The van der Waals surface area contributed by atoms with Crippen LogP contribution in [0.15, 0.2) is 0 Å². The molecule has 1 heterocycles. The molecule has 0 aliphatic carbocycles. The van der Waals surface area contributed by atoms with E-state index in [-0.39, 0.29) is 17.6 Å². The number of amides is 1. The maximum atomic E-state index is 10.8. The van der Waals surface area contributed by atoms with Crippen molar-refractivity contribution in [2.45, 2.75) is 12.5 Å². The molecule has 1 fully saturated rings. The molecule has 1 saturated heterocycles. The maximum absolute atomic E-state index is 10.8. The van der Waals surface area contributed by atoms with E-state index in [9.17, 15) is 9.59 Å². The number of hydrogen-bond donors (Lipinski definition) is 2. The maximum Gasteiger partial charge on any atom is 0.328 e. The molecule has 62 valence electrons. The third kappa shape index (κ3) is 2.11. The predicted octanol–water partition coefficient (Wildman–Crippen LogP) is -0.652. The zero-order valence-corrected chi connectivity index (χ0v) is 6.77. The molecule has 1 aliphatic rings. The van der Waals surface area contributed by atoms with Crippen molar-refractivity contribution in [3.05, 3.63) is 0 Å². The van der Waals surface area contributed by atoms with E-state index in [4.69, 9.17) is 0 Å². The van der Waals surface area contributed by atoms with Crippen LogP contribution in [-0.4, -0.2) is 30.3 Å². The van der Waals surface area contributed by atoms with Crippen molar-refractivity contribution in [1.29, 1.82) is 0 Å². The number of rotatable bonds is 2. The van der Waals surface area contributed by atoms with Gasteiger partial charge in [0.05, 0.1) is 12.4 Å². The van der Waals surface area contributed by atoms with E-state index < -0.39 is 6.04 Å². The largest absolute Gasteiger partial charge is 0.464 e. The second kappa shape index (κ2) is 3.61. The average molecular weight is 175 g/mol. The fraction of sp³-hybridized carbons (Fsp3) is 0.667. The van der Waals surface area contributed by atoms with Crippen molar-refractivity contribution < 1.29 is 14.3 Å². The van der Waals surface area contributed by atoms with Crippen LogP contribution in [0.25, 0.3) is 0 Å². The summed E-state index contributed by atoms with van der Waals surface area (Å²) in [5.74, 6) is -0.485. The molecule has 0 aromatic heterocycles. The van der Waals surface area contributed by atoms with Gasteiger partial charge in [0, 0.05) is 6.42 Å². The van der Waals surface area contributed by atoms with Gasteiger partial charge in [0.1, 0.15) is 6.04 Å². The molecule has 0 unspecified atom stereocenters. The molecule has 1 N–H and O–H groups in total. The Bertz CT molecular complexity index is 183. The fourth-order valence-electron chi connectivity index (χ4n) is 0.867. The Kier molecular flexibility index (Phi) is 2.76. The van der Waals surface area contributed by atoms with Gasteiger partial charge in [0.15, 0.2) is 0 Å². The Labute approximate surface area is 69.7 Å². The normalized spacial score (nSPS) is 23.0. The molecule has 11 heavy (non-hydrogen) atoms. The van der Waals surface area contributed by atoms with E-state index >= 15 is 0 Å². The number of nitrogens with one attached hydrogen (secondary N) is 1. The molecule has 0 aromatic carbocycles. The highest BCUT2D eigenvalue weighted by Gasteiger charge is 2.27. The van der Waals surface area contributed by atoms with Crippen molar-refractivity contribution >= 4 is 24.5 Å². The summed E-state index contributed by atoms with van der Waals surface area (Å²) >= 11 is 3.75. The minimum atomic E-state index is -0.449. The van der Waals surface area contributed by atoms with Gasteiger partial charge >= 0.3 is 5.97 Å². The molecule has 0 bridgehead atoms. The first-order chi connectivity index (χ1) is 5.24. The van der Waals surface area contributed by atoms with E-state index in [1.165, 1.54) is 0 Å². The van der Waals surface area contributed by atoms with Gasteiger partial charge in [0.25, 0.3) is 0 Å². The van der Waals surface area contributed by atoms with E-state index in [1.54, 1.807) is 0 Å². The van der Waals surface area contributed by atoms with Gasteiger partial charge in [-0.2, -0.15) is 12.6 Å². The highest BCUT2D eigenvalue weighted by Crippen LogP contribution is 2.04. The van der Waals surface area contributed by atoms with Gasteiger partial charge in [-0.15, -0.1) is 0 Å². The van der Waals surface area contributed by atoms with E-state index in [2.05, 4.69) is 22.7 Å². The highest BCUT2D eigenvalue weighted by atomic mass is 32.1. The number of carbonyl (C=O) groups excluding carboxylic acids is 2. The van der Waals surface area contributed by atoms with Crippen molar-refractivity contribution in [2.24, 2.45) is 0 Å². The van der Waals surface area contributed by atoms with E-state index in [0.29, 0.717) is 13.0 Å². The van der Waals surface area contributed by atoms with Gasteiger partial charge in [-0.05, 0) is 0 Å². The van der Waals surface area contributed by atoms with Crippen LogP contribution < -0.4 is 5.32 Å². The third-order valence-corrected chi connectivity index (χ3v) is 1.70. The summed E-state index contributed by atoms with van der Waals surface area (Å²) < 4.78 is 4.63. The monoisotopic (exact) mass is 175 g/mol. The lowest BCUT2D eigenvalue weighted by atomic mass is 10.2. The minimum Gasteiger partial charge on any atom is -0.464 e. The summed E-state index contributed by atoms with van der Waals surface area (Å²) in [6.07, 6.45) is 0.568. The third-order valence-electron chi connectivity index (χ3n) is 1.41. The van der Waals surface area contributed by atoms with Crippen LogP contribution in [0.5, 0.6) is 0 Å². The van der Waals surface area contributed by atoms with Gasteiger partial charge in [0.2, 0.25) is 5.91 Å². The Balaban J connectivity index is 2.36. The van der Waals surface area contributed by atoms with Gasteiger partial charge < -0.3 is 10.1 Å². The van der Waals surface area contributed by atoms with Crippen LogP contribution in [0.3, 0.4) is 0 Å². The lowest BCUT2D eigenvalue weighted by molar-refractivity contribution is -0.141. The zero-order chi connectivity index (χ0) is 8.27. The molecule has 0 saturated carbocycles. The summed E-state index contributed by atoms with van der Waals surface area (Å²) in [6.45, 7) is 0.399. The summed E-state index contributed by atoms with van der Waals surface area (Å²) in [5.41, 5.74) is 0. The van der Waals surface area contributed by atoms with Gasteiger partial charge in [-0.25, -0.2) is 4.79 Å². The molecule has 1 rings (SSSR count). The van der Waals surface area contributed by atoms with Crippen LogP contribution >= 0.6 is 12.6 Å². The predicted molar refractivity (Wildman–Crippen MR) is 41.4 cm³/mol. The Morgan fingerprint density at radius 1 is 1.82 bits per heavy atom. The molecule has 1 amide bonds. The molecule has 5 heteroatoms. The first kappa shape index (κ1) is 8.39. The first-order valence-electron chi connectivity index (χ1n) is 3.31. The summed E-state index contributed by atoms with van der Waals surface area (Å²) in [4.78, 5) is 21.5. The van der Waals surface area contributed by atoms with E-state index in [0.717, 1.165) is 0 Å². The van der Waals surface area contributed by atoms with Crippen molar-refractivity contribution in [3.63, 3.8) is 0 Å². The second-order valence-electron chi connectivity index (χ2n) is 2.23. The number of carbonyl (C=O) groups is 2. The topological polar surface area (TPSA) is 55.4 Å². The quantitative estimate of drug-likeness (QED) is 0.433. The molecule has 0 aromatic rings. The summed E-state index contributed by atoms with van der Waals surface area (Å²) in [7, 11) is 0. The lowest BCUT2D eigenvalue weighted by Crippen LogP contribution is -2.38. The van der Waals surface area contributed by atoms with Crippen LogP contribution in [-0.2, 0) is 14.3 Å². The molecular formula is C6H9NO3S. The molecular weight excluding hydrogens is 166 g/mol. The number of esters is 1. The first-order valence-corrected chi connectivity index (χ1v) is 3.94. The SMILES string of the molecule is O=C(CS)N[C@H]1CCOC1=O. The fourth-order valence-corrected chi connectivity index (χ4v) is 0.958. The zero-order valence-electron chi connectivity index (χ0n) is 5.87. The van der Waals surface area contributed by atoms with Crippen molar-refractivity contribution in [3.8, 4) is 0 Å². The highest BCUT2D eigenvalue weighted by molar-refractivity contribution is 7.81. The number of hydrogen-bond acceptors (Lipinski definition) is 4. The Morgan fingerprint density at radius 2 is 2.55 bits per heavy atom. The van der Waals surface area contributed by atoms with Crippen molar-refractivity contribution in [1.82, 2.24) is 5.32 Å². The summed E-state index contributed by atoms with van der Waals surface area (Å²) in [6, 6.07) is -0.449. The Hall–Kier alpha value is -0.710. The molecule has 1 aliphatic heterocycles. The van der Waals surface area contributed by atoms with Crippen LogP contribution in [0.4, 0.5) is 0 Å². The Morgan fingerprint density at radius 3 is 3.00 bits per heavy atom. The van der Waals surface area contributed by atoms with Gasteiger partial charge in [-0.3, -0.25) is 4.79 Å². The number of cyclic esters (lactones) is 1. The molecule has 0 spiro atoms. The van der Waals surface area contributed by atoms with Crippen LogP contribution in [0.1, 0.15) is 6.42 Å². The van der Waals surface area contributed by atoms with Crippen LogP contribution in [0.2, 0.25) is 0 Å². The standard InChI is InChI=1S/C6H9NO3S/c8-5(3-11)7-4-1-2-10-6(4)9/h4,11H,1-3H2,(H,7,8)/t4-/m0/s1. The molecule has 4 nitrogen and oxygen atoms in total. The molecule has 1 atom stereocenters. The lowest BCUT2D eigenvalue weighted by Gasteiger charge is -2.05. The number of ether oxygens (including phenoxy) is 1.